The van der Waals surface area contributed by atoms with E-state index in [2.05, 4.69) is 67.7 Å². The Hall–Kier alpha value is -1.25. The Bertz CT molecular complexity index is 416. The largest absolute Gasteiger partial charge is 0.393 e. The van der Waals surface area contributed by atoms with Crippen molar-refractivity contribution in [2.24, 2.45) is 0 Å². The van der Waals surface area contributed by atoms with E-state index < -0.39 is 0 Å². The number of allylic oxidation sites excluding steroid dienone is 10. The van der Waals surface area contributed by atoms with Gasteiger partial charge in [-0.1, -0.05) is 79.9 Å². The van der Waals surface area contributed by atoms with E-state index in [-0.39, 0.29) is 6.10 Å². The predicted molar refractivity (Wildman–Crippen MR) is 113 cm³/mol. The molecular formula is C22H34OS. The molecule has 0 fully saturated rings. The van der Waals surface area contributed by atoms with Crippen molar-refractivity contribution in [2.45, 2.75) is 70.8 Å². The lowest BCUT2D eigenvalue weighted by molar-refractivity contribution is 0.175. The predicted octanol–water partition coefficient (Wildman–Crippen LogP) is 6.66. The van der Waals surface area contributed by atoms with Gasteiger partial charge in [-0.2, -0.15) is 0 Å². The van der Waals surface area contributed by atoms with E-state index in [4.69, 9.17) is 12.2 Å². The van der Waals surface area contributed by atoms with Gasteiger partial charge in [0.15, 0.2) is 0 Å². The zero-order chi connectivity index (χ0) is 17.7. The maximum Gasteiger partial charge on any atom is 0.0585 e. The summed E-state index contributed by atoms with van der Waals surface area (Å²) in [5.41, 5.74) is 0. The number of unbranched alkanes of at least 4 members (excludes halogenated alkanes) is 1. The molecule has 0 aromatic heterocycles. The summed E-state index contributed by atoms with van der Waals surface area (Å²) in [7, 11) is 0. The van der Waals surface area contributed by atoms with Crippen LogP contribution in [-0.2, 0) is 0 Å². The van der Waals surface area contributed by atoms with Crippen LogP contribution in [0.25, 0.3) is 0 Å². The molecule has 1 nitrogen and oxygen atoms in total. The molecule has 24 heavy (non-hydrogen) atoms. The minimum Gasteiger partial charge on any atom is -0.393 e. The van der Waals surface area contributed by atoms with E-state index in [0.717, 1.165) is 51.4 Å². The molecule has 0 saturated heterocycles. The first-order chi connectivity index (χ1) is 11.8. The van der Waals surface area contributed by atoms with Crippen LogP contribution in [0.5, 0.6) is 0 Å². The van der Waals surface area contributed by atoms with E-state index in [1.54, 1.807) is 5.37 Å². The highest BCUT2D eigenvalue weighted by molar-refractivity contribution is 7.78. The molecule has 0 aromatic rings. The molecule has 1 N–H and O–H groups in total. The van der Waals surface area contributed by atoms with Gasteiger partial charge in [0.25, 0.3) is 0 Å². The molecule has 134 valence electrons. The fraction of sp³-hybridized carbons (Fsp3) is 0.500. The second-order valence-corrected chi connectivity index (χ2v) is 6.02. The van der Waals surface area contributed by atoms with Gasteiger partial charge in [0.1, 0.15) is 0 Å². The molecule has 0 spiro atoms. The van der Waals surface area contributed by atoms with E-state index in [9.17, 15) is 5.11 Å². The highest BCUT2D eigenvalue weighted by atomic mass is 32.1. The van der Waals surface area contributed by atoms with Crippen LogP contribution in [0.1, 0.15) is 64.7 Å². The van der Waals surface area contributed by atoms with Crippen LogP contribution in [-0.4, -0.2) is 16.6 Å². The number of hydrogen-bond donors (Lipinski definition) is 1. The van der Waals surface area contributed by atoms with Gasteiger partial charge in [-0.3, -0.25) is 0 Å². The van der Waals surface area contributed by atoms with E-state index in [1.807, 2.05) is 0 Å². The van der Waals surface area contributed by atoms with E-state index >= 15 is 0 Å². The Kier molecular flexibility index (Phi) is 18.8. The lowest BCUT2D eigenvalue weighted by Gasteiger charge is -2.03. The topological polar surface area (TPSA) is 20.2 Å². The average Bonchev–Trinajstić information content (AvgIpc) is 2.58. The maximum absolute atomic E-state index is 9.52. The van der Waals surface area contributed by atoms with Crippen LogP contribution in [0.2, 0.25) is 0 Å². The minimum atomic E-state index is -0.276. The number of rotatable bonds is 15. The Balaban J connectivity index is 3.47. The minimum absolute atomic E-state index is 0.276. The van der Waals surface area contributed by atoms with Crippen molar-refractivity contribution >= 4 is 17.6 Å². The Labute approximate surface area is 154 Å². The molecule has 0 amide bonds. The SMILES string of the molecule is CCC=CCC=CCC=CCC=CCCC=CCCC(O)CC=S. The Morgan fingerprint density at radius 1 is 0.708 bits per heavy atom. The van der Waals surface area contributed by atoms with Gasteiger partial charge in [-0.15, -0.1) is 0 Å². The highest BCUT2D eigenvalue weighted by Crippen LogP contribution is 2.03. The standard InChI is InChI=1S/C22H34OS/c1-2-3-4-5-6-7-8-9-10-11-12-13-14-15-16-17-18-19-22(23)20-21-24/h3-4,6-7,9-10,12-13,16-17,21-23H,2,5,8,11,14-15,18-20H2,1H3. The second kappa shape index (κ2) is 19.8. The van der Waals surface area contributed by atoms with Gasteiger partial charge in [0, 0.05) is 6.42 Å². The number of aliphatic hydroxyl groups excluding tert-OH is 1. The lowest BCUT2D eigenvalue weighted by Crippen LogP contribution is -2.05. The fourth-order valence-corrected chi connectivity index (χ4v) is 2.27. The lowest BCUT2D eigenvalue weighted by atomic mass is 10.1. The van der Waals surface area contributed by atoms with Gasteiger partial charge >= 0.3 is 0 Å². The van der Waals surface area contributed by atoms with Gasteiger partial charge in [0.2, 0.25) is 0 Å². The number of hydrogen-bond acceptors (Lipinski definition) is 2. The smallest absolute Gasteiger partial charge is 0.0585 e. The van der Waals surface area contributed by atoms with E-state index in [0.29, 0.717) is 6.42 Å². The third-order valence-corrected chi connectivity index (χ3v) is 3.61. The zero-order valence-electron chi connectivity index (χ0n) is 15.1. The normalized spacial score (nSPS) is 14.1. The molecule has 1 unspecified atom stereocenters. The van der Waals surface area contributed by atoms with Crippen LogP contribution in [0.4, 0.5) is 0 Å². The van der Waals surface area contributed by atoms with Gasteiger partial charge in [-0.25, -0.2) is 0 Å². The molecule has 0 bridgehead atoms. The van der Waals surface area contributed by atoms with Crippen LogP contribution in [0, 0.1) is 0 Å². The first-order valence-electron chi connectivity index (χ1n) is 9.17. The molecule has 0 saturated carbocycles. The van der Waals surface area contributed by atoms with Crippen LogP contribution in [0.3, 0.4) is 0 Å². The van der Waals surface area contributed by atoms with Crippen molar-refractivity contribution in [1.29, 1.82) is 0 Å². The molecule has 2 heteroatoms. The molecule has 1 atom stereocenters. The maximum atomic E-state index is 9.52. The summed E-state index contributed by atoms with van der Waals surface area (Å²) in [6.07, 6.45) is 30.5. The molecule has 0 aliphatic rings. The highest BCUT2D eigenvalue weighted by Gasteiger charge is 1.98. The number of thiocarbonyl (C=S) groups is 1. The van der Waals surface area contributed by atoms with Crippen molar-refractivity contribution < 1.29 is 5.11 Å². The summed E-state index contributed by atoms with van der Waals surface area (Å²) in [5.74, 6) is 0. The van der Waals surface area contributed by atoms with E-state index in [1.165, 1.54) is 0 Å². The third kappa shape index (κ3) is 18.8. The molecule has 0 aliphatic carbocycles. The van der Waals surface area contributed by atoms with Crippen molar-refractivity contribution in [1.82, 2.24) is 0 Å². The molecule has 0 aliphatic heterocycles. The summed E-state index contributed by atoms with van der Waals surface area (Å²) < 4.78 is 0. The molecular weight excluding hydrogens is 312 g/mol. The van der Waals surface area contributed by atoms with Crippen LogP contribution >= 0.6 is 12.2 Å². The van der Waals surface area contributed by atoms with Gasteiger partial charge in [-0.05, 0) is 56.7 Å². The first-order valence-corrected chi connectivity index (χ1v) is 9.65. The Morgan fingerprint density at radius 2 is 1.17 bits per heavy atom. The molecule has 0 aromatic carbocycles. The second-order valence-electron chi connectivity index (χ2n) is 5.68. The number of aliphatic hydroxyl groups is 1. The Morgan fingerprint density at radius 3 is 1.71 bits per heavy atom. The van der Waals surface area contributed by atoms with Crippen molar-refractivity contribution in [3.8, 4) is 0 Å². The quantitative estimate of drug-likeness (QED) is 0.203. The average molecular weight is 347 g/mol. The zero-order valence-corrected chi connectivity index (χ0v) is 16.0. The first kappa shape index (κ1) is 22.8. The van der Waals surface area contributed by atoms with Gasteiger partial charge < -0.3 is 5.11 Å². The summed E-state index contributed by atoms with van der Waals surface area (Å²) in [6, 6.07) is 0. The summed E-state index contributed by atoms with van der Waals surface area (Å²) in [6.45, 7) is 2.16. The summed E-state index contributed by atoms with van der Waals surface area (Å²) in [5, 5.41) is 11.1. The van der Waals surface area contributed by atoms with Crippen molar-refractivity contribution in [2.75, 3.05) is 0 Å². The monoisotopic (exact) mass is 346 g/mol. The van der Waals surface area contributed by atoms with Gasteiger partial charge in [0.05, 0.1) is 6.10 Å². The molecule has 0 heterocycles. The fourth-order valence-electron chi connectivity index (χ4n) is 2.04. The third-order valence-electron chi connectivity index (χ3n) is 3.42. The molecule has 0 rings (SSSR count). The molecule has 0 radical (unpaired) electrons. The summed E-state index contributed by atoms with van der Waals surface area (Å²) >= 11 is 4.73. The summed E-state index contributed by atoms with van der Waals surface area (Å²) in [4.78, 5) is 0. The van der Waals surface area contributed by atoms with Crippen molar-refractivity contribution in [3.05, 3.63) is 60.8 Å². The van der Waals surface area contributed by atoms with Crippen molar-refractivity contribution in [3.63, 3.8) is 0 Å². The van der Waals surface area contributed by atoms with Crippen LogP contribution in [0.15, 0.2) is 60.8 Å². The van der Waals surface area contributed by atoms with Crippen LogP contribution < -0.4 is 0 Å².